The lowest BCUT2D eigenvalue weighted by atomic mass is 10.1. The molecule has 0 radical (unpaired) electrons. The molecule has 0 spiro atoms. The van der Waals surface area contributed by atoms with Crippen LogP contribution in [-0.4, -0.2) is 38.5 Å². The number of carbonyl (C=O) groups is 2. The molecule has 0 fully saturated rings. The summed E-state index contributed by atoms with van der Waals surface area (Å²) in [7, 11) is 1.58. The predicted molar refractivity (Wildman–Crippen MR) is 80.8 cm³/mol. The van der Waals surface area contributed by atoms with Gasteiger partial charge in [0.15, 0.2) is 0 Å². The lowest BCUT2D eigenvalue weighted by molar-refractivity contribution is -0.119. The molecule has 20 heavy (non-hydrogen) atoms. The minimum Gasteiger partial charge on any atom is -0.399 e. The van der Waals surface area contributed by atoms with E-state index in [0.29, 0.717) is 30.0 Å². The predicted octanol–water partition coefficient (Wildman–Crippen LogP) is 0.591. The van der Waals surface area contributed by atoms with Crippen LogP contribution in [0.1, 0.15) is 24.2 Å². The van der Waals surface area contributed by atoms with Gasteiger partial charge in [-0.05, 0) is 32.0 Å². The van der Waals surface area contributed by atoms with Crippen molar-refractivity contribution in [2.24, 2.45) is 0 Å². The molecule has 6 nitrogen and oxygen atoms in total. The first-order valence-corrected chi connectivity index (χ1v) is 6.66. The summed E-state index contributed by atoms with van der Waals surface area (Å²) in [6, 6.07) is 5.08. The lowest BCUT2D eigenvalue weighted by Gasteiger charge is -2.25. The number of nitrogens with zero attached hydrogens (tertiary/aromatic N) is 1. The van der Waals surface area contributed by atoms with E-state index in [-0.39, 0.29) is 18.4 Å². The number of anilines is 2. The summed E-state index contributed by atoms with van der Waals surface area (Å²) in [5.74, 6) is -0.283. The molecule has 6 heteroatoms. The normalized spacial score (nSPS) is 9.95. The van der Waals surface area contributed by atoms with Crippen LogP contribution in [-0.2, 0) is 4.79 Å². The molecule has 0 aliphatic heterocycles. The van der Waals surface area contributed by atoms with Gasteiger partial charge in [-0.15, -0.1) is 0 Å². The Morgan fingerprint density at radius 1 is 1.30 bits per heavy atom. The number of nitrogen functional groups attached to an aromatic ring is 1. The first kappa shape index (κ1) is 15.8. The number of rotatable bonds is 6. The molecule has 1 rings (SSSR count). The highest BCUT2D eigenvalue weighted by Crippen LogP contribution is 2.23. The Bertz CT molecular complexity index is 488. The van der Waals surface area contributed by atoms with Gasteiger partial charge in [-0.3, -0.25) is 9.59 Å². The molecule has 110 valence electrons. The second kappa shape index (κ2) is 7.37. The van der Waals surface area contributed by atoms with Gasteiger partial charge in [0.25, 0.3) is 5.91 Å². The molecule has 0 heterocycles. The number of likely N-dealkylation sites (N-methyl/N-ethyl adjacent to an activating group) is 2. The standard InChI is InChI=1S/C14H22N4O2/c1-4-17-14(20)11-7-6-10(15)8-12(11)18(5-2)9-13(19)16-3/h6-8H,4-5,9,15H2,1-3H3,(H,16,19)(H,17,20). The van der Waals surface area contributed by atoms with Crippen LogP contribution in [0.3, 0.4) is 0 Å². The molecule has 0 aromatic heterocycles. The number of nitrogens with one attached hydrogen (secondary N) is 2. The Hall–Kier alpha value is -2.24. The fourth-order valence-electron chi connectivity index (χ4n) is 1.88. The second-order valence-electron chi connectivity index (χ2n) is 4.32. The summed E-state index contributed by atoms with van der Waals surface area (Å²) in [6.45, 7) is 5.11. The van der Waals surface area contributed by atoms with Crippen LogP contribution in [0, 0.1) is 0 Å². The van der Waals surface area contributed by atoms with Gasteiger partial charge >= 0.3 is 0 Å². The first-order chi connectivity index (χ1) is 9.53. The molecule has 0 bridgehead atoms. The fourth-order valence-corrected chi connectivity index (χ4v) is 1.88. The molecule has 2 amide bonds. The first-order valence-electron chi connectivity index (χ1n) is 6.66. The van der Waals surface area contributed by atoms with Crippen molar-refractivity contribution in [2.45, 2.75) is 13.8 Å². The maximum atomic E-state index is 12.1. The summed E-state index contributed by atoms with van der Waals surface area (Å²) < 4.78 is 0. The number of nitrogens with two attached hydrogens (primary N) is 1. The number of hydrogen-bond acceptors (Lipinski definition) is 4. The molecular weight excluding hydrogens is 256 g/mol. The Labute approximate surface area is 119 Å². The topological polar surface area (TPSA) is 87.5 Å². The second-order valence-corrected chi connectivity index (χ2v) is 4.32. The molecule has 1 aromatic rings. The van der Waals surface area contributed by atoms with Gasteiger partial charge < -0.3 is 21.3 Å². The van der Waals surface area contributed by atoms with Crippen molar-refractivity contribution in [2.75, 3.05) is 37.3 Å². The van der Waals surface area contributed by atoms with E-state index >= 15 is 0 Å². The monoisotopic (exact) mass is 278 g/mol. The third-order valence-electron chi connectivity index (χ3n) is 2.94. The van der Waals surface area contributed by atoms with Crippen molar-refractivity contribution >= 4 is 23.2 Å². The zero-order valence-electron chi connectivity index (χ0n) is 12.2. The molecule has 0 unspecified atom stereocenters. The van der Waals surface area contributed by atoms with Crippen LogP contribution in [0.5, 0.6) is 0 Å². The minimum absolute atomic E-state index is 0.115. The summed E-state index contributed by atoms with van der Waals surface area (Å²) in [4.78, 5) is 25.5. The van der Waals surface area contributed by atoms with E-state index in [1.54, 1.807) is 25.2 Å². The van der Waals surface area contributed by atoms with Crippen LogP contribution in [0.4, 0.5) is 11.4 Å². The molecule has 0 atom stereocenters. The average Bonchev–Trinajstić information content (AvgIpc) is 2.44. The van der Waals surface area contributed by atoms with E-state index in [4.69, 9.17) is 5.73 Å². The van der Waals surface area contributed by atoms with Crippen molar-refractivity contribution in [3.63, 3.8) is 0 Å². The molecule has 0 saturated carbocycles. The third kappa shape index (κ3) is 3.88. The van der Waals surface area contributed by atoms with Crippen LogP contribution < -0.4 is 21.3 Å². The Kier molecular flexibility index (Phi) is 5.83. The highest BCUT2D eigenvalue weighted by molar-refractivity contribution is 6.01. The fraction of sp³-hybridized carbons (Fsp3) is 0.429. The quantitative estimate of drug-likeness (QED) is 0.665. The Balaban J connectivity index is 3.14. The van der Waals surface area contributed by atoms with E-state index in [9.17, 15) is 9.59 Å². The maximum Gasteiger partial charge on any atom is 0.253 e. The molecule has 1 aromatic carbocycles. The van der Waals surface area contributed by atoms with E-state index in [1.165, 1.54) is 0 Å². The van der Waals surface area contributed by atoms with Gasteiger partial charge in [-0.25, -0.2) is 0 Å². The van der Waals surface area contributed by atoms with Gasteiger partial charge in [0.2, 0.25) is 5.91 Å². The SMILES string of the molecule is CCNC(=O)c1ccc(N)cc1N(CC)CC(=O)NC. The van der Waals surface area contributed by atoms with E-state index in [2.05, 4.69) is 10.6 Å². The van der Waals surface area contributed by atoms with Crippen molar-refractivity contribution in [1.82, 2.24) is 10.6 Å². The number of hydrogen-bond donors (Lipinski definition) is 3. The Morgan fingerprint density at radius 2 is 2.00 bits per heavy atom. The number of carbonyl (C=O) groups excluding carboxylic acids is 2. The van der Waals surface area contributed by atoms with E-state index < -0.39 is 0 Å². The zero-order chi connectivity index (χ0) is 15.1. The average molecular weight is 278 g/mol. The highest BCUT2D eigenvalue weighted by atomic mass is 16.2. The number of amides is 2. The van der Waals surface area contributed by atoms with E-state index in [1.807, 2.05) is 18.7 Å². The van der Waals surface area contributed by atoms with Crippen molar-refractivity contribution in [3.8, 4) is 0 Å². The third-order valence-corrected chi connectivity index (χ3v) is 2.94. The summed E-state index contributed by atoms with van der Waals surface area (Å²) >= 11 is 0. The number of benzene rings is 1. The van der Waals surface area contributed by atoms with Crippen molar-refractivity contribution < 1.29 is 9.59 Å². The van der Waals surface area contributed by atoms with Gasteiger partial charge in [0.1, 0.15) is 0 Å². The molecule has 0 saturated heterocycles. The molecule has 0 aliphatic rings. The summed E-state index contributed by atoms with van der Waals surface area (Å²) in [6.07, 6.45) is 0. The maximum absolute atomic E-state index is 12.1. The highest BCUT2D eigenvalue weighted by Gasteiger charge is 2.17. The molecule has 4 N–H and O–H groups in total. The lowest BCUT2D eigenvalue weighted by Crippen LogP contribution is -2.37. The van der Waals surface area contributed by atoms with Crippen LogP contribution in [0.2, 0.25) is 0 Å². The Morgan fingerprint density at radius 3 is 2.55 bits per heavy atom. The zero-order valence-corrected chi connectivity index (χ0v) is 12.2. The van der Waals surface area contributed by atoms with Crippen molar-refractivity contribution in [1.29, 1.82) is 0 Å². The summed E-state index contributed by atoms with van der Waals surface area (Å²) in [5.41, 5.74) is 7.55. The molecular formula is C14H22N4O2. The van der Waals surface area contributed by atoms with Crippen LogP contribution in [0.15, 0.2) is 18.2 Å². The van der Waals surface area contributed by atoms with Crippen LogP contribution >= 0.6 is 0 Å². The van der Waals surface area contributed by atoms with E-state index in [0.717, 1.165) is 0 Å². The van der Waals surface area contributed by atoms with Gasteiger partial charge in [-0.2, -0.15) is 0 Å². The largest absolute Gasteiger partial charge is 0.399 e. The van der Waals surface area contributed by atoms with Crippen molar-refractivity contribution in [3.05, 3.63) is 23.8 Å². The van der Waals surface area contributed by atoms with Crippen LogP contribution in [0.25, 0.3) is 0 Å². The van der Waals surface area contributed by atoms with Gasteiger partial charge in [0.05, 0.1) is 17.8 Å². The smallest absolute Gasteiger partial charge is 0.253 e. The summed E-state index contributed by atoms with van der Waals surface area (Å²) in [5, 5.41) is 5.34. The van der Waals surface area contributed by atoms with Gasteiger partial charge in [0, 0.05) is 25.8 Å². The molecule has 0 aliphatic carbocycles. The van der Waals surface area contributed by atoms with Gasteiger partial charge in [-0.1, -0.05) is 0 Å². The minimum atomic E-state index is -0.169.